The van der Waals surface area contributed by atoms with Crippen LogP contribution < -0.4 is 0 Å². The molecule has 0 bridgehead atoms. The first-order chi connectivity index (χ1) is 10.5. The van der Waals surface area contributed by atoms with Crippen LogP contribution in [0.15, 0.2) is 23.0 Å². The number of likely N-dealkylation sites (tertiary alicyclic amines) is 1. The molecule has 0 aromatic carbocycles. The third kappa shape index (κ3) is 2.75. The summed E-state index contributed by atoms with van der Waals surface area (Å²) >= 11 is 0. The van der Waals surface area contributed by atoms with E-state index in [9.17, 15) is 9.59 Å². The number of carbonyl (C=O) groups excluding carboxylic acids is 2. The fourth-order valence-corrected chi connectivity index (χ4v) is 3.33. The summed E-state index contributed by atoms with van der Waals surface area (Å²) in [7, 11) is 3.51. The maximum absolute atomic E-state index is 12.3. The highest BCUT2D eigenvalue weighted by molar-refractivity contribution is 5.93. The third-order valence-electron chi connectivity index (χ3n) is 4.70. The van der Waals surface area contributed by atoms with E-state index in [1.165, 1.54) is 12.5 Å². The van der Waals surface area contributed by atoms with Gasteiger partial charge in [-0.05, 0) is 31.7 Å². The molecule has 2 fully saturated rings. The van der Waals surface area contributed by atoms with Crippen LogP contribution in [0.1, 0.15) is 36.0 Å². The van der Waals surface area contributed by atoms with Crippen LogP contribution in [-0.2, 0) is 9.53 Å². The standard InChI is InChI=1S/C16H22N2O4/c1-17(2)15(20)13-3-5-16(22-13)6-8-18(9-7-16)14(19)12-4-10-21-11-12/h4,10-11,13H,3,5-9H2,1-2H3/t13-/m0/s1. The number of amides is 2. The van der Waals surface area contributed by atoms with Gasteiger partial charge in [-0.25, -0.2) is 0 Å². The molecule has 22 heavy (non-hydrogen) atoms. The van der Waals surface area contributed by atoms with Crippen LogP contribution in [0.2, 0.25) is 0 Å². The molecule has 2 aliphatic rings. The Bertz CT molecular complexity index is 545. The lowest BCUT2D eigenvalue weighted by Gasteiger charge is -2.39. The van der Waals surface area contributed by atoms with Gasteiger partial charge in [-0.1, -0.05) is 0 Å². The quantitative estimate of drug-likeness (QED) is 0.831. The second kappa shape index (κ2) is 5.76. The van der Waals surface area contributed by atoms with Crippen LogP contribution in [-0.4, -0.2) is 60.5 Å². The molecule has 120 valence electrons. The molecule has 3 rings (SSSR count). The van der Waals surface area contributed by atoms with E-state index in [0.717, 1.165) is 25.7 Å². The van der Waals surface area contributed by atoms with E-state index in [2.05, 4.69) is 0 Å². The van der Waals surface area contributed by atoms with E-state index in [-0.39, 0.29) is 23.5 Å². The first kappa shape index (κ1) is 15.1. The van der Waals surface area contributed by atoms with E-state index < -0.39 is 0 Å². The molecule has 6 nitrogen and oxygen atoms in total. The molecular weight excluding hydrogens is 284 g/mol. The fourth-order valence-electron chi connectivity index (χ4n) is 3.33. The lowest BCUT2D eigenvalue weighted by Crippen LogP contribution is -2.47. The Hall–Kier alpha value is -1.82. The normalized spacial score (nSPS) is 23.7. The first-order valence-corrected chi connectivity index (χ1v) is 7.71. The van der Waals surface area contributed by atoms with Crippen LogP contribution in [0.3, 0.4) is 0 Å². The molecule has 3 heterocycles. The molecule has 2 aliphatic heterocycles. The van der Waals surface area contributed by atoms with Crippen LogP contribution in [0.4, 0.5) is 0 Å². The van der Waals surface area contributed by atoms with Crippen molar-refractivity contribution in [3.8, 4) is 0 Å². The van der Waals surface area contributed by atoms with Crippen molar-refractivity contribution in [2.24, 2.45) is 0 Å². The van der Waals surface area contributed by atoms with Gasteiger partial charge in [0.25, 0.3) is 11.8 Å². The van der Waals surface area contributed by atoms with Gasteiger partial charge < -0.3 is 19.0 Å². The van der Waals surface area contributed by atoms with Crippen LogP contribution in [0, 0.1) is 0 Å². The topological polar surface area (TPSA) is 63.0 Å². The largest absolute Gasteiger partial charge is 0.472 e. The van der Waals surface area contributed by atoms with Crippen molar-refractivity contribution < 1.29 is 18.7 Å². The van der Waals surface area contributed by atoms with Crippen molar-refractivity contribution in [1.82, 2.24) is 9.80 Å². The lowest BCUT2D eigenvalue weighted by atomic mass is 9.88. The summed E-state index contributed by atoms with van der Waals surface area (Å²) < 4.78 is 11.1. The summed E-state index contributed by atoms with van der Waals surface area (Å²) in [5.74, 6) is 0.0382. The third-order valence-corrected chi connectivity index (χ3v) is 4.70. The van der Waals surface area contributed by atoms with E-state index in [1.807, 2.05) is 4.90 Å². The highest BCUT2D eigenvalue weighted by atomic mass is 16.5. The summed E-state index contributed by atoms with van der Waals surface area (Å²) in [6.07, 6.45) is 5.89. The van der Waals surface area contributed by atoms with Crippen molar-refractivity contribution in [2.75, 3.05) is 27.2 Å². The van der Waals surface area contributed by atoms with Gasteiger partial charge >= 0.3 is 0 Å². The number of ether oxygens (including phenoxy) is 1. The Kier molecular flexibility index (Phi) is 3.95. The molecule has 0 radical (unpaired) electrons. The number of rotatable bonds is 2. The average Bonchev–Trinajstić information content (AvgIpc) is 3.17. The van der Waals surface area contributed by atoms with Crippen LogP contribution in [0.25, 0.3) is 0 Å². The van der Waals surface area contributed by atoms with Gasteiger partial charge in [-0.15, -0.1) is 0 Å². The summed E-state index contributed by atoms with van der Waals surface area (Å²) in [6.45, 7) is 1.32. The molecule has 1 aromatic heterocycles. The van der Waals surface area contributed by atoms with Crippen molar-refractivity contribution in [1.29, 1.82) is 0 Å². The highest BCUT2D eigenvalue weighted by Crippen LogP contribution is 2.39. The number of furan rings is 1. The van der Waals surface area contributed by atoms with Gasteiger partial charge in [-0.2, -0.15) is 0 Å². The van der Waals surface area contributed by atoms with Gasteiger partial charge in [0.1, 0.15) is 12.4 Å². The summed E-state index contributed by atoms with van der Waals surface area (Å²) in [4.78, 5) is 27.7. The minimum Gasteiger partial charge on any atom is -0.472 e. The number of carbonyl (C=O) groups is 2. The SMILES string of the molecule is CN(C)C(=O)[C@@H]1CCC2(CCN(C(=O)c3ccoc3)CC2)O1. The monoisotopic (exact) mass is 306 g/mol. The molecule has 1 spiro atoms. The fraction of sp³-hybridized carbons (Fsp3) is 0.625. The van der Waals surface area contributed by atoms with Gasteiger partial charge in [0.15, 0.2) is 0 Å². The molecule has 6 heteroatoms. The second-order valence-electron chi connectivity index (χ2n) is 6.37. The van der Waals surface area contributed by atoms with Gasteiger partial charge in [-0.3, -0.25) is 9.59 Å². The number of hydrogen-bond donors (Lipinski definition) is 0. The molecule has 1 aromatic rings. The molecule has 2 saturated heterocycles. The van der Waals surface area contributed by atoms with E-state index >= 15 is 0 Å². The molecule has 0 unspecified atom stereocenters. The van der Waals surface area contributed by atoms with E-state index in [4.69, 9.17) is 9.15 Å². The summed E-state index contributed by atoms with van der Waals surface area (Å²) in [6, 6.07) is 1.69. The zero-order valence-corrected chi connectivity index (χ0v) is 13.1. The van der Waals surface area contributed by atoms with Crippen LogP contribution >= 0.6 is 0 Å². The predicted octanol–water partition coefficient (Wildman–Crippen LogP) is 1.52. The highest BCUT2D eigenvalue weighted by Gasteiger charge is 2.45. The molecule has 0 saturated carbocycles. The molecule has 0 N–H and O–H groups in total. The van der Waals surface area contributed by atoms with Crippen molar-refractivity contribution >= 4 is 11.8 Å². The Morgan fingerprint density at radius 2 is 2.00 bits per heavy atom. The number of piperidine rings is 1. The summed E-state index contributed by atoms with van der Waals surface area (Å²) in [5.41, 5.74) is 0.354. The predicted molar refractivity (Wildman–Crippen MR) is 79.4 cm³/mol. The Morgan fingerprint density at radius 3 is 2.59 bits per heavy atom. The molecule has 1 atom stereocenters. The van der Waals surface area contributed by atoms with Gasteiger partial charge in [0, 0.05) is 27.2 Å². The molecular formula is C16H22N2O4. The van der Waals surface area contributed by atoms with Crippen molar-refractivity contribution in [3.05, 3.63) is 24.2 Å². The smallest absolute Gasteiger partial charge is 0.257 e. The minimum atomic E-state index is -0.328. The molecule has 2 amide bonds. The Morgan fingerprint density at radius 1 is 1.27 bits per heavy atom. The Balaban J connectivity index is 1.58. The van der Waals surface area contributed by atoms with Gasteiger partial charge in [0.2, 0.25) is 0 Å². The van der Waals surface area contributed by atoms with Crippen molar-refractivity contribution in [3.63, 3.8) is 0 Å². The van der Waals surface area contributed by atoms with Crippen LogP contribution in [0.5, 0.6) is 0 Å². The lowest BCUT2D eigenvalue weighted by molar-refractivity contribution is -0.148. The minimum absolute atomic E-state index is 0.00233. The first-order valence-electron chi connectivity index (χ1n) is 7.71. The number of hydrogen-bond acceptors (Lipinski definition) is 4. The Labute approximate surface area is 130 Å². The van der Waals surface area contributed by atoms with Crippen molar-refractivity contribution in [2.45, 2.75) is 37.4 Å². The van der Waals surface area contributed by atoms with Gasteiger partial charge in [0.05, 0.1) is 17.4 Å². The number of likely N-dealkylation sites (N-methyl/N-ethyl adjacent to an activating group) is 1. The van der Waals surface area contributed by atoms with E-state index in [1.54, 1.807) is 25.1 Å². The zero-order chi connectivity index (χ0) is 15.7. The maximum atomic E-state index is 12.3. The number of nitrogens with zero attached hydrogens (tertiary/aromatic N) is 2. The maximum Gasteiger partial charge on any atom is 0.257 e. The van der Waals surface area contributed by atoms with E-state index in [0.29, 0.717) is 18.7 Å². The average molecular weight is 306 g/mol. The zero-order valence-electron chi connectivity index (χ0n) is 13.1. The molecule has 0 aliphatic carbocycles. The second-order valence-corrected chi connectivity index (χ2v) is 6.37. The summed E-state index contributed by atoms with van der Waals surface area (Å²) in [5, 5.41) is 0.